The standard InChI is InChI=1S/C25H31N5O/c1-2-22-27-21-5-3-4-20(23(21)28-22)24(31)30-16-10-25(11-17-30)8-14-29(15-9-25)18-19-6-12-26-13-7-19/h3-7,12-13H,2,8-11,14-18H2,1H3,(H,27,28). The maximum absolute atomic E-state index is 13.3. The third-order valence-corrected chi connectivity index (χ3v) is 7.31. The lowest BCUT2D eigenvalue weighted by Crippen LogP contribution is -2.48. The van der Waals surface area contributed by atoms with Crippen LogP contribution in [0.4, 0.5) is 0 Å². The van der Waals surface area contributed by atoms with Crippen LogP contribution >= 0.6 is 0 Å². The first-order chi connectivity index (χ1) is 15.2. The molecule has 2 fully saturated rings. The normalized spacial score (nSPS) is 19.2. The number of likely N-dealkylation sites (tertiary alicyclic amines) is 2. The molecule has 0 radical (unpaired) electrons. The second-order valence-electron chi connectivity index (χ2n) is 9.16. The first kappa shape index (κ1) is 20.2. The first-order valence-electron chi connectivity index (χ1n) is 11.5. The van der Waals surface area contributed by atoms with E-state index in [0.717, 1.165) is 74.4 Å². The lowest BCUT2D eigenvalue weighted by Gasteiger charge is -2.47. The molecule has 0 aliphatic carbocycles. The predicted octanol–water partition coefficient (Wildman–Crippen LogP) is 4.04. The number of rotatable bonds is 4. The molecule has 5 rings (SSSR count). The number of imidazole rings is 1. The monoisotopic (exact) mass is 417 g/mol. The van der Waals surface area contributed by atoms with Crippen molar-refractivity contribution in [3.05, 3.63) is 59.7 Å². The SMILES string of the molecule is CCc1nc2c(C(=O)N3CCC4(CCN(Cc5ccncc5)CC4)CC3)cccc2[nH]1. The van der Waals surface area contributed by atoms with Gasteiger partial charge in [-0.25, -0.2) is 4.98 Å². The number of para-hydroxylation sites is 1. The van der Waals surface area contributed by atoms with E-state index in [1.54, 1.807) is 0 Å². The molecule has 0 saturated carbocycles. The van der Waals surface area contributed by atoms with Gasteiger partial charge >= 0.3 is 0 Å². The van der Waals surface area contributed by atoms with Crippen LogP contribution in [0.5, 0.6) is 0 Å². The molecule has 2 aliphatic rings. The molecule has 4 heterocycles. The minimum absolute atomic E-state index is 0.129. The Labute approximate surface area is 183 Å². The summed E-state index contributed by atoms with van der Waals surface area (Å²) in [5, 5.41) is 0. The van der Waals surface area contributed by atoms with Gasteiger partial charge < -0.3 is 9.88 Å². The third-order valence-electron chi connectivity index (χ3n) is 7.31. The molecule has 6 heteroatoms. The number of nitrogens with one attached hydrogen (secondary N) is 1. The van der Waals surface area contributed by atoms with Crippen molar-refractivity contribution in [2.45, 2.75) is 45.6 Å². The smallest absolute Gasteiger partial charge is 0.256 e. The largest absolute Gasteiger partial charge is 0.342 e. The van der Waals surface area contributed by atoms with Crippen LogP contribution in [-0.4, -0.2) is 56.8 Å². The summed E-state index contributed by atoms with van der Waals surface area (Å²) in [6, 6.07) is 10.1. The summed E-state index contributed by atoms with van der Waals surface area (Å²) in [6.07, 6.45) is 9.27. The number of nitrogens with zero attached hydrogens (tertiary/aromatic N) is 4. The highest BCUT2D eigenvalue weighted by molar-refractivity contribution is 6.04. The third kappa shape index (κ3) is 4.09. The van der Waals surface area contributed by atoms with Crippen molar-refractivity contribution in [2.75, 3.05) is 26.2 Å². The summed E-state index contributed by atoms with van der Waals surface area (Å²) < 4.78 is 0. The molecule has 6 nitrogen and oxygen atoms in total. The van der Waals surface area contributed by atoms with Crippen molar-refractivity contribution in [1.82, 2.24) is 24.8 Å². The van der Waals surface area contributed by atoms with E-state index < -0.39 is 0 Å². The number of pyridine rings is 1. The van der Waals surface area contributed by atoms with Crippen molar-refractivity contribution in [2.24, 2.45) is 5.41 Å². The second-order valence-corrected chi connectivity index (χ2v) is 9.16. The summed E-state index contributed by atoms with van der Waals surface area (Å²) in [7, 11) is 0. The zero-order valence-corrected chi connectivity index (χ0v) is 18.3. The van der Waals surface area contributed by atoms with E-state index in [4.69, 9.17) is 0 Å². The number of piperidine rings is 2. The fraction of sp³-hybridized carbons (Fsp3) is 0.480. The van der Waals surface area contributed by atoms with Crippen LogP contribution in [0.3, 0.4) is 0 Å². The van der Waals surface area contributed by atoms with Crippen molar-refractivity contribution in [3.63, 3.8) is 0 Å². The topological polar surface area (TPSA) is 65.1 Å². The summed E-state index contributed by atoms with van der Waals surface area (Å²) in [5.74, 6) is 1.07. The van der Waals surface area contributed by atoms with Crippen LogP contribution in [-0.2, 0) is 13.0 Å². The number of hydrogen-bond donors (Lipinski definition) is 1. The van der Waals surface area contributed by atoms with Gasteiger partial charge in [-0.05, 0) is 74.0 Å². The molecule has 0 unspecified atom stereocenters. The number of H-pyrrole nitrogens is 1. The van der Waals surface area contributed by atoms with E-state index in [1.807, 2.05) is 35.5 Å². The minimum Gasteiger partial charge on any atom is -0.342 e. The molecule has 1 N–H and O–H groups in total. The number of hydrogen-bond acceptors (Lipinski definition) is 4. The Morgan fingerprint density at radius 3 is 2.45 bits per heavy atom. The molecule has 1 amide bonds. The Morgan fingerprint density at radius 1 is 1.03 bits per heavy atom. The van der Waals surface area contributed by atoms with Crippen molar-refractivity contribution >= 4 is 16.9 Å². The molecule has 0 bridgehead atoms. The Kier molecular flexibility index (Phi) is 5.48. The molecule has 2 aromatic heterocycles. The zero-order chi connectivity index (χ0) is 21.3. The number of aryl methyl sites for hydroxylation is 1. The molecular formula is C25H31N5O. The van der Waals surface area contributed by atoms with Gasteiger partial charge in [-0.3, -0.25) is 14.7 Å². The van der Waals surface area contributed by atoms with Gasteiger partial charge in [0.15, 0.2) is 0 Å². The summed E-state index contributed by atoms with van der Waals surface area (Å²) >= 11 is 0. The summed E-state index contributed by atoms with van der Waals surface area (Å²) in [4.78, 5) is 30.0. The number of carbonyl (C=O) groups is 1. The molecule has 2 aliphatic heterocycles. The number of carbonyl (C=O) groups excluding carboxylic acids is 1. The highest BCUT2D eigenvalue weighted by atomic mass is 16.2. The number of aromatic amines is 1. The number of aromatic nitrogens is 3. The van der Waals surface area contributed by atoms with Crippen molar-refractivity contribution < 1.29 is 4.79 Å². The van der Waals surface area contributed by atoms with E-state index in [0.29, 0.717) is 5.41 Å². The average Bonchev–Trinajstić information content (AvgIpc) is 3.25. The highest BCUT2D eigenvalue weighted by Gasteiger charge is 2.38. The van der Waals surface area contributed by atoms with E-state index in [9.17, 15) is 4.79 Å². The van der Waals surface area contributed by atoms with Gasteiger partial charge in [-0.2, -0.15) is 0 Å². The van der Waals surface area contributed by atoms with E-state index >= 15 is 0 Å². The van der Waals surface area contributed by atoms with Crippen LogP contribution in [0.2, 0.25) is 0 Å². The molecule has 0 atom stereocenters. The maximum atomic E-state index is 13.3. The van der Waals surface area contributed by atoms with Gasteiger partial charge in [0.25, 0.3) is 5.91 Å². The van der Waals surface area contributed by atoms with Gasteiger partial charge in [0, 0.05) is 38.4 Å². The van der Waals surface area contributed by atoms with Crippen LogP contribution in [0.1, 0.15) is 54.4 Å². The Bertz CT molecular complexity index is 1040. The van der Waals surface area contributed by atoms with Gasteiger partial charge in [-0.15, -0.1) is 0 Å². The van der Waals surface area contributed by atoms with Gasteiger partial charge in [0.2, 0.25) is 0 Å². The number of benzene rings is 1. The second kappa shape index (κ2) is 8.42. The molecule has 31 heavy (non-hydrogen) atoms. The van der Waals surface area contributed by atoms with Crippen molar-refractivity contribution in [3.8, 4) is 0 Å². The fourth-order valence-electron chi connectivity index (χ4n) is 5.21. The maximum Gasteiger partial charge on any atom is 0.256 e. The van der Waals surface area contributed by atoms with Crippen LogP contribution in [0, 0.1) is 5.41 Å². The fourth-order valence-corrected chi connectivity index (χ4v) is 5.21. The summed E-state index contributed by atoms with van der Waals surface area (Å²) in [5.41, 5.74) is 4.24. The van der Waals surface area contributed by atoms with E-state index in [1.165, 1.54) is 18.4 Å². The first-order valence-corrected chi connectivity index (χ1v) is 11.5. The quantitative estimate of drug-likeness (QED) is 0.696. The Balaban J connectivity index is 1.20. The highest BCUT2D eigenvalue weighted by Crippen LogP contribution is 2.41. The average molecular weight is 418 g/mol. The van der Waals surface area contributed by atoms with Crippen LogP contribution in [0.15, 0.2) is 42.7 Å². The van der Waals surface area contributed by atoms with E-state index in [-0.39, 0.29) is 5.91 Å². The number of amides is 1. The summed E-state index contributed by atoms with van der Waals surface area (Å²) in [6.45, 7) is 7.07. The molecule has 1 spiro atoms. The van der Waals surface area contributed by atoms with Gasteiger partial charge in [-0.1, -0.05) is 13.0 Å². The van der Waals surface area contributed by atoms with Crippen molar-refractivity contribution in [1.29, 1.82) is 0 Å². The van der Waals surface area contributed by atoms with Crippen LogP contribution in [0.25, 0.3) is 11.0 Å². The molecule has 2 saturated heterocycles. The molecular weight excluding hydrogens is 386 g/mol. The Hall–Kier alpha value is -2.73. The Morgan fingerprint density at radius 2 is 1.74 bits per heavy atom. The van der Waals surface area contributed by atoms with Gasteiger partial charge in [0.1, 0.15) is 11.3 Å². The lowest BCUT2D eigenvalue weighted by molar-refractivity contribution is 0.0286. The lowest BCUT2D eigenvalue weighted by atomic mass is 9.71. The van der Waals surface area contributed by atoms with Crippen LogP contribution < -0.4 is 0 Å². The predicted molar refractivity (Wildman–Crippen MR) is 122 cm³/mol. The molecule has 3 aromatic rings. The minimum atomic E-state index is 0.129. The van der Waals surface area contributed by atoms with E-state index in [2.05, 4.69) is 38.9 Å². The number of fused-ring (bicyclic) bond motifs is 1. The molecule has 162 valence electrons. The van der Waals surface area contributed by atoms with Gasteiger partial charge in [0.05, 0.1) is 11.1 Å². The zero-order valence-electron chi connectivity index (χ0n) is 18.3. The molecule has 1 aromatic carbocycles.